The van der Waals surface area contributed by atoms with Crippen LogP contribution in [0.2, 0.25) is 0 Å². The second-order valence-electron chi connectivity index (χ2n) is 11.0. The molecule has 2 spiro atoms. The van der Waals surface area contributed by atoms with E-state index in [4.69, 9.17) is 10.5 Å². The van der Waals surface area contributed by atoms with E-state index >= 15 is 0 Å². The summed E-state index contributed by atoms with van der Waals surface area (Å²) in [5.74, 6) is -0.0271. The van der Waals surface area contributed by atoms with Crippen LogP contribution in [0.25, 0.3) is 0 Å². The molecule has 2 aromatic carbocycles. The van der Waals surface area contributed by atoms with Crippen LogP contribution in [0, 0.1) is 22.7 Å². The number of rotatable bonds is 0. The minimum atomic E-state index is -0.687. The lowest BCUT2D eigenvalue weighted by Crippen LogP contribution is -2.45. The first kappa shape index (κ1) is 24.8. The van der Waals surface area contributed by atoms with Gasteiger partial charge >= 0.3 is 0 Å². The molecule has 6 heterocycles. The van der Waals surface area contributed by atoms with Gasteiger partial charge < -0.3 is 19.8 Å². The summed E-state index contributed by atoms with van der Waals surface area (Å²) in [7, 11) is 0. The monoisotopic (exact) mass is 542 g/mol. The van der Waals surface area contributed by atoms with Crippen molar-refractivity contribution in [3.63, 3.8) is 0 Å². The van der Waals surface area contributed by atoms with Crippen LogP contribution < -0.4 is 10.6 Å². The molecule has 0 fully saturated rings. The first-order valence-corrected chi connectivity index (χ1v) is 13.7. The van der Waals surface area contributed by atoms with Gasteiger partial charge in [0.25, 0.3) is 5.91 Å². The third-order valence-electron chi connectivity index (χ3n) is 8.89. The highest BCUT2D eigenvalue weighted by molar-refractivity contribution is 6.06. The molecular weight excluding hydrogens is 516 g/mol. The molecule has 2 amide bonds. The number of carbonyl (C=O) groups excluding carboxylic acids is 2. The summed E-state index contributed by atoms with van der Waals surface area (Å²) in [5.41, 5.74) is 5.87. The Morgan fingerprint density at radius 3 is 2.10 bits per heavy atom. The molecule has 4 aromatic rings. The molecule has 2 unspecified atom stereocenters. The number of amides is 2. The fourth-order valence-corrected chi connectivity index (χ4v) is 7.10. The predicted octanol–water partition coefficient (Wildman–Crippen LogP) is 3.96. The molecule has 0 saturated carbocycles. The van der Waals surface area contributed by atoms with Crippen LogP contribution in [0.1, 0.15) is 65.7 Å². The summed E-state index contributed by atoms with van der Waals surface area (Å²) in [5, 5.41) is 23.9. The van der Waals surface area contributed by atoms with Gasteiger partial charge in [-0.25, -0.2) is 9.97 Å². The maximum atomic E-state index is 12.6. The highest BCUT2D eigenvalue weighted by Gasteiger charge is 2.50. The molecule has 0 radical (unpaired) electrons. The van der Waals surface area contributed by atoms with Crippen molar-refractivity contribution in [1.82, 2.24) is 19.1 Å². The summed E-state index contributed by atoms with van der Waals surface area (Å²) in [4.78, 5) is 33.3. The number of aromatic nitrogens is 4. The summed E-state index contributed by atoms with van der Waals surface area (Å²) < 4.78 is 4.14. The summed E-state index contributed by atoms with van der Waals surface area (Å²) in [6, 6.07) is 15.2. The molecule has 0 bridgehead atoms. The minimum absolute atomic E-state index is 0.000796. The van der Waals surface area contributed by atoms with Gasteiger partial charge in [0.05, 0.1) is 47.9 Å². The summed E-state index contributed by atoms with van der Waals surface area (Å²) >= 11 is 0. The molecule has 2 aromatic heterocycles. The van der Waals surface area contributed by atoms with Crippen LogP contribution in [-0.2, 0) is 33.5 Å². The Morgan fingerprint density at radius 1 is 0.780 bits per heavy atom. The van der Waals surface area contributed by atoms with Crippen molar-refractivity contribution in [2.24, 2.45) is 0 Å². The Bertz CT molecular complexity index is 1820. The lowest BCUT2D eigenvalue weighted by atomic mass is 9.76. The van der Waals surface area contributed by atoms with E-state index in [-0.39, 0.29) is 17.4 Å². The van der Waals surface area contributed by atoms with E-state index in [9.17, 15) is 9.59 Å². The second kappa shape index (κ2) is 9.17. The molecule has 4 aliphatic heterocycles. The smallest absolute Gasteiger partial charge is 0.255 e. The van der Waals surface area contributed by atoms with Gasteiger partial charge in [-0.15, -0.1) is 0 Å². The normalized spacial score (nSPS) is 23.1. The maximum absolute atomic E-state index is 12.6. The standard InChI is InChI=1S/C16H14N4O.C15H12N4O/c17-8-11-3-4-13-14(6-11)19-15(21)7-16(13)5-1-2-12-9-18-10-20(12)16;16-7-10-3-4-12-13(6-10)18-14(20)15(12)5-1-2-11-8-17-9-19(11)15/h3-4,6,9-10H,1-2,5,7H2,(H,19,21);3-4,6,8-9H,1-2,5H2,(H,18,20). The Labute approximate surface area is 236 Å². The molecule has 0 aliphatic carbocycles. The zero-order chi connectivity index (χ0) is 28.2. The van der Waals surface area contributed by atoms with Crippen molar-refractivity contribution in [2.75, 3.05) is 10.6 Å². The van der Waals surface area contributed by atoms with Crippen LogP contribution in [-0.4, -0.2) is 30.9 Å². The van der Waals surface area contributed by atoms with Crippen molar-refractivity contribution in [3.05, 3.63) is 95.1 Å². The van der Waals surface area contributed by atoms with E-state index in [0.29, 0.717) is 17.5 Å². The van der Waals surface area contributed by atoms with Crippen molar-refractivity contribution in [3.8, 4) is 12.1 Å². The first-order valence-electron chi connectivity index (χ1n) is 13.7. The van der Waals surface area contributed by atoms with Gasteiger partial charge in [-0.3, -0.25) is 9.59 Å². The number of aryl methyl sites for hydroxylation is 2. The highest BCUT2D eigenvalue weighted by Crippen LogP contribution is 2.47. The minimum Gasteiger partial charge on any atom is -0.326 e. The van der Waals surface area contributed by atoms with Crippen LogP contribution in [0.5, 0.6) is 0 Å². The van der Waals surface area contributed by atoms with Gasteiger partial charge in [0.1, 0.15) is 0 Å². The average molecular weight is 543 g/mol. The van der Waals surface area contributed by atoms with E-state index < -0.39 is 5.54 Å². The second-order valence-corrected chi connectivity index (χ2v) is 11.0. The highest BCUT2D eigenvalue weighted by atomic mass is 16.2. The van der Waals surface area contributed by atoms with Crippen molar-refractivity contribution < 1.29 is 9.59 Å². The Balaban J connectivity index is 0.000000135. The molecule has 4 aliphatic rings. The van der Waals surface area contributed by atoms with Crippen LogP contribution in [0.3, 0.4) is 0 Å². The van der Waals surface area contributed by atoms with Gasteiger partial charge in [0, 0.05) is 46.3 Å². The van der Waals surface area contributed by atoms with Gasteiger partial charge in [0.2, 0.25) is 5.91 Å². The number of hydrogen-bond donors (Lipinski definition) is 2. The van der Waals surface area contributed by atoms with Crippen LogP contribution in [0.15, 0.2) is 61.4 Å². The maximum Gasteiger partial charge on any atom is 0.255 e. The number of benzene rings is 2. The quantitative estimate of drug-likeness (QED) is 0.345. The lowest BCUT2D eigenvalue weighted by Gasteiger charge is -2.43. The van der Waals surface area contributed by atoms with E-state index in [1.807, 2.05) is 41.5 Å². The third-order valence-corrected chi connectivity index (χ3v) is 8.89. The zero-order valence-electron chi connectivity index (χ0n) is 22.2. The van der Waals surface area contributed by atoms with Gasteiger partial charge in [-0.1, -0.05) is 12.1 Å². The number of nitriles is 2. The fraction of sp³-hybridized carbons (Fsp3) is 0.290. The van der Waals surface area contributed by atoms with Crippen molar-refractivity contribution in [2.45, 2.75) is 56.0 Å². The van der Waals surface area contributed by atoms with Gasteiger partial charge in [-0.05, 0) is 62.8 Å². The topological polar surface area (TPSA) is 141 Å². The van der Waals surface area contributed by atoms with E-state index in [2.05, 4.69) is 37.3 Å². The van der Waals surface area contributed by atoms with Gasteiger partial charge in [-0.2, -0.15) is 10.5 Å². The molecule has 0 saturated heterocycles. The van der Waals surface area contributed by atoms with Crippen LogP contribution in [0.4, 0.5) is 11.4 Å². The molecule has 8 rings (SSSR count). The van der Waals surface area contributed by atoms with E-state index in [1.165, 1.54) is 5.69 Å². The molecular formula is C31H26N8O2. The first-order chi connectivity index (χ1) is 20.0. The zero-order valence-corrected chi connectivity index (χ0v) is 22.2. The number of carbonyl (C=O) groups is 2. The van der Waals surface area contributed by atoms with E-state index in [0.717, 1.165) is 66.7 Å². The molecule has 41 heavy (non-hydrogen) atoms. The Hall–Kier alpha value is -5.22. The van der Waals surface area contributed by atoms with Gasteiger partial charge in [0.15, 0.2) is 5.54 Å². The van der Waals surface area contributed by atoms with Crippen molar-refractivity contribution in [1.29, 1.82) is 10.5 Å². The Kier molecular flexibility index (Phi) is 5.55. The summed E-state index contributed by atoms with van der Waals surface area (Å²) in [6.45, 7) is 0. The SMILES string of the molecule is N#Cc1ccc2c(c1)NC(=O)C21CCCc2cncn21.N#Cc1ccc2c(c1)NC(=O)CC21CCCc2cncn21. The lowest BCUT2D eigenvalue weighted by molar-refractivity contribution is -0.122. The number of nitrogens with zero attached hydrogens (tertiary/aromatic N) is 6. The van der Waals surface area contributed by atoms with Crippen LogP contribution >= 0.6 is 0 Å². The average Bonchev–Trinajstić information content (AvgIpc) is 3.73. The number of hydrogen-bond acceptors (Lipinski definition) is 6. The number of imidazole rings is 2. The predicted molar refractivity (Wildman–Crippen MR) is 149 cm³/mol. The number of nitrogens with one attached hydrogen (secondary N) is 2. The molecule has 10 nitrogen and oxygen atoms in total. The molecule has 2 atom stereocenters. The largest absolute Gasteiger partial charge is 0.326 e. The fourth-order valence-electron chi connectivity index (χ4n) is 7.10. The van der Waals surface area contributed by atoms with E-state index in [1.54, 1.807) is 24.5 Å². The summed E-state index contributed by atoms with van der Waals surface area (Å²) in [6.07, 6.45) is 13.3. The third kappa shape index (κ3) is 3.61. The number of anilines is 2. The molecule has 10 heteroatoms. The van der Waals surface area contributed by atoms with Crippen molar-refractivity contribution >= 4 is 23.2 Å². The molecule has 202 valence electrons. The Morgan fingerprint density at radius 2 is 1.39 bits per heavy atom. The molecule has 2 N–H and O–H groups in total. The number of fused-ring (bicyclic) bond motifs is 8.